The van der Waals surface area contributed by atoms with Gasteiger partial charge in [0.25, 0.3) is 11.8 Å². The number of fused-ring (bicyclic) bond motifs is 4. The Balaban J connectivity index is 1.45. The van der Waals surface area contributed by atoms with Crippen LogP contribution in [0.25, 0.3) is 0 Å². The lowest BCUT2D eigenvalue weighted by Crippen LogP contribution is -2.53. The van der Waals surface area contributed by atoms with E-state index < -0.39 is 63.6 Å². The monoisotopic (exact) mass is 740 g/mol. The Morgan fingerprint density at radius 3 is 2.25 bits per heavy atom. The minimum Gasteiger partial charge on any atom is -0.507 e. The number of carbonyl (C=O) groups excluding carboxylic acids is 4. The van der Waals surface area contributed by atoms with Crippen LogP contribution in [-0.4, -0.2) is 50.2 Å². The van der Waals surface area contributed by atoms with E-state index in [1.807, 2.05) is 13.0 Å². The smallest absolute Gasteiger partial charge is 0.417 e. The molecule has 51 heavy (non-hydrogen) atoms. The van der Waals surface area contributed by atoms with E-state index in [4.69, 9.17) is 23.2 Å². The summed E-state index contributed by atoms with van der Waals surface area (Å²) in [7, 11) is 0. The van der Waals surface area contributed by atoms with Gasteiger partial charge in [0.1, 0.15) is 5.75 Å². The predicted molar refractivity (Wildman–Crippen MR) is 181 cm³/mol. The number of benzene rings is 2. The lowest BCUT2D eigenvalue weighted by molar-refractivity contribution is -0.141. The molecule has 6 unspecified atom stereocenters. The fourth-order valence-corrected chi connectivity index (χ4v) is 9.16. The van der Waals surface area contributed by atoms with Gasteiger partial charge in [-0.05, 0) is 79.5 Å². The summed E-state index contributed by atoms with van der Waals surface area (Å²) in [4.78, 5) is 62.6. The average molecular weight is 742 g/mol. The van der Waals surface area contributed by atoms with Crippen molar-refractivity contribution in [3.05, 3.63) is 98.2 Å². The first-order chi connectivity index (χ1) is 24.1. The SMILES string of the molecule is CCCN1C(=O)C2CC=C3C(CC4C(=O)N(Nc5ncc(C(F)(F)F)cc5Cl)C(=O)C4(c4ccc(Cl)cc4)C3c3cc(C)c(O)c(C)c3)C2C1=O. The largest absolute Gasteiger partial charge is 0.507 e. The second-order valence-corrected chi connectivity index (χ2v) is 14.6. The highest BCUT2D eigenvalue weighted by molar-refractivity contribution is 6.33. The van der Waals surface area contributed by atoms with Crippen molar-refractivity contribution in [3.63, 3.8) is 0 Å². The summed E-state index contributed by atoms with van der Waals surface area (Å²) in [5, 5.41) is 11.5. The second kappa shape index (κ2) is 12.4. The molecule has 266 valence electrons. The van der Waals surface area contributed by atoms with Crippen molar-refractivity contribution in [2.45, 2.75) is 57.5 Å². The molecule has 2 N–H and O–H groups in total. The molecule has 0 spiro atoms. The number of rotatable bonds is 6. The van der Waals surface area contributed by atoms with Gasteiger partial charge in [-0.2, -0.15) is 18.2 Å². The van der Waals surface area contributed by atoms with E-state index in [9.17, 15) is 32.7 Å². The van der Waals surface area contributed by atoms with Crippen LogP contribution in [0, 0.1) is 37.5 Å². The van der Waals surface area contributed by atoms with Crippen LogP contribution in [0.4, 0.5) is 19.0 Å². The quantitative estimate of drug-likeness (QED) is 0.204. The second-order valence-electron chi connectivity index (χ2n) is 13.8. The first kappa shape index (κ1) is 35.0. The normalized spacial score (nSPS) is 27.4. The maximum atomic E-state index is 15.2. The molecule has 1 saturated carbocycles. The molecular weight excluding hydrogens is 708 g/mol. The van der Waals surface area contributed by atoms with Crippen molar-refractivity contribution >= 4 is 52.6 Å². The van der Waals surface area contributed by atoms with Crippen LogP contribution in [0.15, 0.2) is 60.3 Å². The molecule has 2 aliphatic carbocycles. The number of phenolic OH excluding ortho intramolecular Hbond substituents is 1. The van der Waals surface area contributed by atoms with Gasteiger partial charge in [0.05, 0.1) is 33.8 Å². The predicted octanol–water partition coefficient (Wildman–Crippen LogP) is 7.12. The summed E-state index contributed by atoms with van der Waals surface area (Å²) in [6.07, 6.45) is -1.40. The summed E-state index contributed by atoms with van der Waals surface area (Å²) in [6.45, 7) is 5.58. The van der Waals surface area contributed by atoms with E-state index in [2.05, 4.69) is 10.4 Å². The number of nitrogens with one attached hydrogen (secondary N) is 1. The number of amides is 4. The van der Waals surface area contributed by atoms with E-state index in [0.717, 1.165) is 10.6 Å². The third kappa shape index (κ3) is 5.24. The Morgan fingerprint density at radius 1 is 0.980 bits per heavy atom. The van der Waals surface area contributed by atoms with Crippen LogP contribution in [0.5, 0.6) is 5.75 Å². The van der Waals surface area contributed by atoms with Crippen molar-refractivity contribution in [2.24, 2.45) is 23.7 Å². The number of aromatic nitrogens is 1. The number of imide groups is 2. The number of hydrogen-bond acceptors (Lipinski definition) is 7. The molecule has 2 aromatic carbocycles. The molecule has 4 aliphatic rings. The third-order valence-electron chi connectivity index (χ3n) is 10.9. The molecule has 4 amide bonds. The van der Waals surface area contributed by atoms with Crippen molar-refractivity contribution in [2.75, 3.05) is 12.0 Å². The van der Waals surface area contributed by atoms with Crippen LogP contribution in [0.3, 0.4) is 0 Å². The summed E-state index contributed by atoms with van der Waals surface area (Å²) in [6, 6.07) is 10.7. The topological polar surface area (TPSA) is 120 Å². The van der Waals surface area contributed by atoms with Gasteiger partial charge in [-0.25, -0.2) is 4.98 Å². The Kier molecular flexibility index (Phi) is 8.49. The fraction of sp³-hybridized carbons (Fsp3) is 0.378. The van der Waals surface area contributed by atoms with Crippen LogP contribution < -0.4 is 5.43 Å². The fourth-order valence-electron chi connectivity index (χ4n) is 8.82. The zero-order chi connectivity index (χ0) is 36.7. The van der Waals surface area contributed by atoms with Gasteiger partial charge in [0, 0.05) is 23.7 Å². The Labute approximate surface area is 301 Å². The van der Waals surface area contributed by atoms with Gasteiger partial charge in [0.2, 0.25) is 11.8 Å². The highest BCUT2D eigenvalue weighted by Crippen LogP contribution is 2.64. The molecule has 3 aromatic rings. The number of likely N-dealkylation sites (tertiary alicyclic amines) is 1. The van der Waals surface area contributed by atoms with Crippen LogP contribution in [0.2, 0.25) is 10.0 Å². The Hall–Kier alpha value is -4.42. The van der Waals surface area contributed by atoms with Crippen LogP contribution in [0.1, 0.15) is 59.9 Å². The average Bonchev–Trinajstić information content (AvgIpc) is 3.45. The molecule has 9 nitrogen and oxygen atoms in total. The number of nitrogens with zero attached hydrogens (tertiary/aromatic N) is 3. The lowest BCUT2D eigenvalue weighted by Gasteiger charge is -2.50. The number of halogens is 5. The number of aryl methyl sites for hydroxylation is 2. The van der Waals surface area contributed by atoms with E-state index in [1.165, 1.54) is 4.90 Å². The number of alkyl halides is 3. The van der Waals surface area contributed by atoms with E-state index in [1.54, 1.807) is 50.2 Å². The van der Waals surface area contributed by atoms with Crippen LogP contribution in [-0.2, 0) is 30.8 Å². The summed E-state index contributed by atoms with van der Waals surface area (Å²) < 4.78 is 40.3. The summed E-state index contributed by atoms with van der Waals surface area (Å²) >= 11 is 12.6. The first-order valence-corrected chi connectivity index (χ1v) is 17.4. The van der Waals surface area contributed by atoms with Crippen molar-refractivity contribution in [3.8, 4) is 5.75 Å². The van der Waals surface area contributed by atoms with Crippen molar-refractivity contribution < 1.29 is 37.5 Å². The van der Waals surface area contributed by atoms with Gasteiger partial charge < -0.3 is 5.11 Å². The van der Waals surface area contributed by atoms with Crippen molar-refractivity contribution in [1.29, 1.82) is 0 Å². The minimum absolute atomic E-state index is 0.0259. The zero-order valence-corrected chi connectivity index (χ0v) is 29.2. The van der Waals surface area contributed by atoms with E-state index >= 15 is 4.79 Å². The zero-order valence-electron chi connectivity index (χ0n) is 27.7. The number of hydrazine groups is 1. The molecule has 3 heterocycles. The molecule has 14 heteroatoms. The number of pyridine rings is 1. The van der Waals surface area contributed by atoms with Gasteiger partial charge in [-0.15, -0.1) is 0 Å². The molecule has 7 rings (SSSR count). The summed E-state index contributed by atoms with van der Waals surface area (Å²) in [5.74, 6) is -6.24. The minimum atomic E-state index is -4.73. The first-order valence-electron chi connectivity index (χ1n) is 16.6. The number of hydrogen-bond donors (Lipinski definition) is 2. The van der Waals surface area contributed by atoms with Gasteiger partial charge >= 0.3 is 6.18 Å². The number of anilines is 1. The maximum Gasteiger partial charge on any atom is 0.417 e. The number of aromatic hydroxyl groups is 1. The Bertz CT molecular complexity index is 2010. The number of carbonyl (C=O) groups is 4. The molecular formula is C37H33Cl2F3N4O5. The molecule has 2 aliphatic heterocycles. The van der Waals surface area contributed by atoms with E-state index in [0.29, 0.717) is 46.0 Å². The highest BCUT2D eigenvalue weighted by Gasteiger charge is 2.70. The van der Waals surface area contributed by atoms with Crippen LogP contribution >= 0.6 is 23.2 Å². The van der Waals surface area contributed by atoms with Gasteiger partial charge in [-0.1, -0.05) is 66.0 Å². The number of allylic oxidation sites excluding steroid dienone is 2. The molecule has 3 fully saturated rings. The maximum absolute atomic E-state index is 15.2. The van der Waals surface area contributed by atoms with Crippen molar-refractivity contribution in [1.82, 2.24) is 14.9 Å². The Morgan fingerprint density at radius 2 is 1.65 bits per heavy atom. The highest BCUT2D eigenvalue weighted by atomic mass is 35.5. The molecule has 0 radical (unpaired) electrons. The molecule has 0 bridgehead atoms. The van der Waals surface area contributed by atoms with Gasteiger partial charge in [-0.3, -0.25) is 29.5 Å². The van der Waals surface area contributed by atoms with E-state index in [-0.39, 0.29) is 42.8 Å². The van der Waals surface area contributed by atoms with Gasteiger partial charge in [0.15, 0.2) is 5.82 Å². The summed E-state index contributed by atoms with van der Waals surface area (Å²) in [5.41, 5.74) is 2.68. The molecule has 2 saturated heterocycles. The lowest BCUT2D eigenvalue weighted by atomic mass is 9.49. The molecule has 6 atom stereocenters. The molecule has 1 aromatic heterocycles. The third-order valence-corrected chi connectivity index (χ3v) is 11.5. The standard InChI is InChI=1S/C37H33Cl2F3N4O5/c1-4-11-45-32(48)24-10-9-23-25(28(24)34(45)50)15-26-33(49)46(44-31-27(39)14-21(16-43-31)37(40,41)42)35(51)36(26,20-5-7-22(38)8-6-20)29(23)19-12-17(2)30(47)18(3)13-19/h5-9,12-14,16,24-26,28-29,47H,4,10-11,15H2,1-3H3,(H,43,44). The number of phenols is 1.